The molecule has 0 spiro atoms. The molecule has 1 rings (SSSR count). The Morgan fingerprint density at radius 3 is 2.27 bits per heavy atom. The van der Waals surface area contributed by atoms with Crippen LogP contribution in [0.2, 0.25) is 0 Å². The summed E-state index contributed by atoms with van der Waals surface area (Å²) in [6, 6.07) is 7.36. The predicted molar refractivity (Wildman–Crippen MR) is 108 cm³/mol. The molecule has 0 aliphatic heterocycles. The first kappa shape index (κ1) is 22.8. The summed E-state index contributed by atoms with van der Waals surface area (Å²) < 4.78 is 0. The van der Waals surface area contributed by atoms with E-state index in [2.05, 4.69) is 19.0 Å². The number of unbranched alkanes of at least 4 members (excludes halogenated alkanes) is 5. The highest BCUT2D eigenvalue weighted by Crippen LogP contribution is 2.26. The van der Waals surface area contributed by atoms with E-state index in [9.17, 15) is 15.1 Å². The summed E-state index contributed by atoms with van der Waals surface area (Å²) in [4.78, 5) is 10.6. The molecule has 2 N–H and O–H groups in total. The zero-order valence-corrected chi connectivity index (χ0v) is 16.6. The molecule has 1 aromatic rings. The van der Waals surface area contributed by atoms with E-state index in [1.54, 1.807) is 0 Å². The van der Waals surface area contributed by atoms with E-state index in [0.717, 1.165) is 24.0 Å². The normalized spacial score (nSPS) is 12.9. The van der Waals surface area contributed by atoms with Crippen LogP contribution in [0.25, 0.3) is 0 Å². The third kappa shape index (κ3) is 9.44. The highest BCUT2D eigenvalue weighted by atomic mass is 16.5. The Morgan fingerprint density at radius 1 is 0.962 bits per heavy atom. The Bertz CT molecular complexity index is 502. The van der Waals surface area contributed by atoms with Gasteiger partial charge in [-0.15, -0.1) is 0 Å². The Labute approximate surface area is 159 Å². The Balaban J connectivity index is 2.41. The minimum absolute atomic E-state index is 0.0713. The van der Waals surface area contributed by atoms with Crippen LogP contribution in [-0.2, 0) is 13.0 Å². The van der Waals surface area contributed by atoms with Gasteiger partial charge in [0.1, 0.15) is 6.54 Å². The van der Waals surface area contributed by atoms with Crippen molar-refractivity contribution in [1.29, 1.82) is 0 Å². The van der Waals surface area contributed by atoms with Crippen LogP contribution in [0.4, 0.5) is 0 Å². The summed E-state index contributed by atoms with van der Waals surface area (Å²) in [7, 11) is 0. The lowest BCUT2D eigenvalue weighted by atomic mass is 9.89. The van der Waals surface area contributed by atoms with Gasteiger partial charge in [0, 0.05) is 12.8 Å². The van der Waals surface area contributed by atoms with E-state index >= 15 is 0 Å². The highest BCUT2D eigenvalue weighted by molar-refractivity contribution is 5.28. The van der Waals surface area contributed by atoms with Crippen LogP contribution in [0.15, 0.2) is 29.4 Å². The molecule has 1 unspecified atom stereocenters. The molecule has 1 aromatic carbocycles. The highest BCUT2D eigenvalue weighted by Gasteiger charge is 2.25. The number of nitrogens with zero attached hydrogens (tertiary/aromatic N) is 1. The van der Waals surface area contributed by atoms with Crippen molar-refractivity contribution in [2.45, 2.75) is 96.8 Å². The van der Waals surface area contributed by atoms with Crippen LogP contribution in [0.3, 0.4) is 0 Å². The van der Waals surface area contributed by atoms with Crippen molar-refractivity contribution in [2.75, 3.05) is 0 Å². The van der Waals surface area contributed by atoms with E-state index in [1.807, 2.05) is 24.3 Å². The van der Waals surface area contributed by atoms with Crippen molar-refractivity contribution in [3.63, 3.8) is 0 Å². The first-order valence-electron chi connectivity index (χ1n) is 10.3. The van der Waals surface area contributed by atoms with Gasteiger partial charge in [0.25, 0.3) is 0 Å². The van der Waals surface area contributed by atoms with Gasteiger partial charge in [-0.1, -0.05) is 94.7 Å². The Hall–Kier alpha value is -1.26. The topological polar surface area (TPSA) is 69.9 Å². The number of benzene rings is 1. The van der Waals surface area contributed by atoms with Crippen LogP contribution < -0.4 is 0 Å². The van der Waals surface area contributed by atoms with Crippen molar-refractivity contribution < 1.29 is 10.2 Å². The Morgan fingerprint density at radius 2 is 1.62 bits per heavy atom. The summed E-state index contributed by atoms with van der Waals surface area (Å²) in [5, 5.41) is 23.8. The minimum atomic E-state index is -1.73. The number of nitroso groups, excluding NO2 is 1. The molecule has 0 saturated carbocycles. The summed E-state index contributed by atoms with van der Waals surface area (Å²) in [5.74, 6) is -1.18. The summed E-state index contributed by atoms with van der Waals surface area (Å²) in [5.41, 5.74) is 1.56. The molecule has 1 atom stereocenters. The van der Waals surface area contributed by atoms with Crippen LogP contribution in [0, 0.1) is 10.8 Å². The lowest BCUT2D eigenvalue weighted by molar-refractivity contribution is -0.166. The quantitative estimate of drug-likeness (QED) is 0.237. The van der Waals surface area contributed by atoms with Crippen molar-refractivity contribution in [3.8, 4) is 0 Å². The Kier molecular flexibility index (Phi) is 11.4. The SMILES string of the molecule is CCCCCCCCC(CC)CCC(O)(O)Cc1ccccc1CN=O. The smallest absolute Gasteiger partial charge is 0.166 e. The molecule has 4 heteroatoms. The van der Waals surface area contributed by atoms with Crippen molar-refractivity contribution >= 4 is 0 Å². The molecule has 0 saturated heterocycles. The van der Waals surface area contributed by atoms with E-state index in [1.165, 1.54) is 44.9 Å². The molecule has 148 valence electrons. The molecule has 0 fully saturated rings. The molecule has 0 radical (unpaired) electrons. The monoisotopic (exact) mass is 363 g/mol. The fourth-order valence-corrected chi connectivity index (χ4v) is 3.55. The van der Waals surface area contributed by atoms with E-state index in [4.69, 9.17) is 0 Å². The second-order valence-corrected chi connectivity index (χ2v) is 7.58. The maximum absolute atomic E-state index is 10.6. The maximum Gasteiger partial charge on any atom is 0.166 e. The molecular weight excluding hydrogens is 326 g/mol. The minimum Gasteiger partial charge on any atom is -0.365 e. The van der Waals surface area contributed by atoms with Gasteiger partial charge in [0.2, 0.25) is 0 Å². The molecule has 0 amide bonds. The number of hydrogen-bond acceptors (Lipinski definition) is 4. The van der Waals surface area contributed by atoms with Gasteiger partial charge in [-0.05, 0) is 23.5 Å². The van der Waals surface area contributed by atoms with Crippen LogP contribution in [0.1, 0.15) is 89.2 Å². The predicted octanol–water partition coefficient (Wildman–Crippen LogP) is 5.73. The molecule has 4 nitrogen and oxygen atoms in total. The zero-order valence-electron chi connectivity index (χ0n) is 16.6. The molecule has 0 heterocycles. The van der Waals surface area contributed by atoms with E-state index in [0.29, 0.717) is 12.3 Å². The second kappa shape index (κ2) is 13.0. The first-order valence-corrected chi connectivity index (χ1v) is 10.3. The molecule has 0 aromatic heterocycles. The summed E-state index contributed by atoms with van der Waals surface area (Å²) in [6.45, 7) is 4.49. The van der Waals surface area contributed by atoms with Crippen molar-refractivity contribution in [2.24, 2.45) is 11.1 Å². The van der Waals surface area contributed by atoms with Gasteiger partial charge in [0.05, 0.1) is 0 Å². The van der Waals surface area contributed by atoms with E-state index < -0.39 is 5.79 Å². The molecule has 0 aliphatic carbocycles. The van der Waals surface area contributed by atoms with Gasteiger partial charge in [0.15, 0.2) is 5.79 Å². The zero-order chi connectivity index (χ0) is 19.3. The second-order valence-electron chi connectivity index (χ2n) is 7.58. The number of aliphatic hydroxyl groups is 2. The van der Waals surface area contributed by atoms with Gasteiger partial charge in [-0.2, -0.15) is 4.91 Å². The summed E-state index contributed by atoms with van der Waals surface area (Å²) >= 11 is 0. The van der Waals surface area contributed by atoms with Gasteiger partial charge in [-0.25, -0.2) is 0 Å². The lowest BCUT2D eigenvalue weighted by Gasteiger charge is -2.25. The molecule has 0 aliphatic rings. The molecule has 26 heavy (non-hydrogen) atoms. The van der Waals surface area contributed by atoms with Crippen LogP contribution in [-0.4, -0.2) is 16.0 Å². The third-order valence-corrected chi connectivity index (χ3v) is 5.32. The molecule has 0 bridgehead atoms. The maximum atomic E-state index is 10.6. The fraction of sp³-hybridized carbons (Fsp3) is 0.727. The first-order chi connectivity index (χ1) is 12.5. The van der Waals surface area contributed by atoms with Crippen molar-refractivity contribution in [3.05, 3.63) is 40.3 Å². The number of hydrogen-bond donors (Lipinski definition) is 2. The van der Waals surface area contributed by atoms with Gasteiger partial charge < -0.3 is 10.2 Å². The van der Waals surface area contributed by atoms with Gasteiger partial charge in [-0.3, -0.25) is 0 Å². The summed E-state index contributed by atoms with van der Waals surface area (Å²) in [6.07, 6.45) is 11.4. The fourth-order valence-electron chi connectivity index (χ4n) is 3.55. The van der Waals surface area contributed by atoms with Crippen LogP contribution in [0.5, 0.6) is 0 Å². The number of rotatable bonds is 15. The van der Waals surface area contributed by atoms with Crippen molar-refractivity contribution in [1.82, 2.24) is 0 Å². The molecular formula is C22H37NO3. The average molecular weight is 364 g/mol. The third-order valence-electron chi connectivity index (χ3n) is 5.32. The largest absolute Gasteiger partial charge is 0.365 e. The van der Waals surface area contributed by atoms with E-state index in [-0.39, 0.29) is 13.0 Å². The van der Waals surface area contributed by atoms with Gasteiger partial charge >= 0.3 is 0 Å². The van der Waals surface area contributed by atoms with Crippen LogP contribution >= 0.6 is 0 Å². The lowest BCUT2D eigenvalue weighted by Crippen LogP contribution is -2.32. The average Bonchev–Trinajstić information content (AvgIpc) is 2.62. The standard InChI is InChI=1S/C22H37NO3/c1-3-5-6-7-8-9-12-19(4-2)15-16-22(24,25)17-20-13-10-11-14-21(20)18-23-26/h10-11,13-14,19,24-25H,3-9,12,15-18H2,1-2H3.